The summed E-state index contributed by atoms with van der Waals surface area (Å²) in [7, 11) is 0. The SMILES string of the molecule is O=C1NC(=S)N(c2ccc(Cl)cc2)C(=O)/C1=C/c1ccc2ccccc2c1[N+](=O)[O-]. The number of carbonyl (C=O) groups is 2. The summed E-state index contributed by atoms with van der Waals surface area (Å²) in [5.41, 5.74) is 0.0960. The van der Waals surface area contributed by atoms with Crippen molar-refractivity contribution in [1.82, 2.24) is 5.32 Å². The van der Waals surface area contributed by atoms with Crippen molar-refractivity contribution < 1.29 is 14.5 Å². The number of fused-ring (bicyclic) bond motifs is 1. The van der Waals surface area contributed by atoms with Gasteiger partial charge in [0.2, 0.25) is 0 Å². The first-order valence-corrected chi connectivity index (χ1v) is 9.48. The second-order valence-electron chi connectivity index (χ2n) is 6.42. The summed E-state index contributed by atoms with van der Waals surface area (Å²) in [4.78, 5) is 38.0. The quantitative estimate of drug-likeness (QED) is 0.217. The maximum absolute atomic E-state index is 13.1. The third kappa shape index (κ3) is 3.42. The zero-order chi connectivity index (χ0) is 21.4. The van der Waals surface area contributed by atoms with Crippen LogP contribution in [0, 0.1) is 10.1 Å². The number of amides is 2. The Morgan fingerprint density at radius 2 is 1.73 bits per heavy atom. The summed E-state index contributed by atoms with van der Waals surface area (Å²) in [6.07, 6.45) is 1.22. The molecule has 0 saturated carbocycles. The number of hydrogen-bond acceptors (Lipinski definition) is 5. The molecule has 0 aliphatic carbocycles. The molecule has 0 unspecified atom stereocenters. The van der Waals surface area contributed by atoms with Crippen molar-refractivity contribution in [2.24, 2.45) is 0 Å². The van der Waals surface area contributed by atoms with E-state index in [1.165, 1.54) is 12.1 Å². The maximum atomic E-state index is 13.1. The molecule has 3 aromatic carbocycles. The molecule has 148 valence electrons. The number of rotatable bonds is 3. The van der Waals surface area contributed by atoms with Crippen LogP contribution in [-0.2, 0) is 9.59 Å². The Kier molecular flexibility index (Phi) is 5.03. The van der Waals surface area contributed by atoms with E-state index in [1.54, 1.807) is 54.6 Å². The Hall–Kier alpha value is -3.62. The molecule has 3 aromatic rings. The molecule has 7 nitrogen and oxygen atoms in total. The number of halogens is 1. The van der Waals surface area contributed by atoms with Crippen molar-refractivity contribution in [3.05, 3.63) is 86.9 Å². The van der Waals surface area contributed by atoms with Crippen LogP contribution in [0.1, 0.15) is 5.56 Å². The van der Waals surface area contributed by atoms with E-state index in [4.69, 9.17) is 23.8 Å². The van der Waals surface area contributed by atoms with E-state index in [9.17, 15) is 19.7 Å². The smallest absolute Gasteiger partial charge is 0.284 e. The zero-order valence-corrected chi connectivity index (χ0v) is 16.7. The molecule has 0 spiro atoms. The molecule has 0 radical (unpaired) electrons. The number of nitro groups is 1. The van der Waals surface area contributed by atoms with Crippen LogP contribution in [-0.4, -0.2) is 21.9 Å². The Balaban J connectivity index is 1.85. The number of anilines is 1. The molecular formula is C21H12ClN3O4S. The van der Waals surface area contributed by atoms with Gasteiger partial charge in [0.25, 0.3) is 17.5 Å². The highest BCUT2D eigenvalue weighted by molar-refractivity contribution is 7.80. The van der Waals surface area contributed by atoms with Gasteiger partial charge in [-0.1, -0.05) is 35.9 Å². The van der Waals surface area contributed by atoms with Gasteiger partial charge in [-0.25, -0.2) is 0 Å². The molecule has 1 saturated heterocycles. The summed E-state index contributed by atoms with van der Waals surface area (Å²) in [6, 6.07) is 16.4. The third-order valence-corrected chi connectivity index (χ3v) is 5.14. The molecule has 2 amide bonds. The molecule has 0 aromatic heterocycles. The number of carbonyl (C=O) groups excluding carboxylic acids is 2. The van der Waals surface area contributed by atoms with Gasteiger partial charge in [0.15, 0.2) is 5.11 Å². The van der Waals surface area contributed by atoms with Crippen LogP contribution in [0.5, 0.6) is 0 Å². The molecule has 1 aliphatic rings. The first-order chi connectivity index (χ1) is 14.4. The van der Waals surface area contributed by atoms with E-state index in [1.807, 2.05) is 0 Å². The van der Waals surface area contributed by atoms with Crippen LogP contribution < -0.4 is 10.2 Å². The Bertz CT molecular complexity index is 1270. The van der Waals surface area contributed by atoms with E-state index >= 15 is 0 Å². The third-order valence-electron chi connectivity index (χ3n) is 4.60. The Morgan fingerprint density at radius 3 is 2.43 bits per heavy atom. The van der Waals surface area contributed by atoms with Crippen molar-refractivity contribution in [3.8, 4) is 0 Å². The molecule has 30 heavy (non-hydrogen) atoms. The zero-order valence-electron chi connectivity index (χ0n) is 15.2. The first-order valence-electron chi connectivity index (χ1n) is 8.70. The molecule has 1 aliphatic heterocycles. The van der Waals surface area contributed by atoms with Crippen molar-refractivity contribution >= 4 is 69.0 Å². The Labute approximate surface area is 180 Å². The number of nitro benzene ring substituents is 1. The highest BCUT2D eigenvalue weighted by atomic mass is 35.5. The van der Waals surface area contributed by atoms with Crippen LogP contribution in [0.25, 0.3) is 16.8 Å². The van der Waals surface area contributed by atoms with Gasteiger partial charge in [0, 0.05) is 5.02 Å². The normalized spacial score (nSPS) is 15.6. The molecule has 1 N–H and O–H groups in total. The van der Waals surface area contributed by atoms with E-state index in [0.29, 0.717) is 21.5 Å². The summed E-state index contributed by atoms with van der Waals surface area (Å²) in [5.74, 6) is -1.41. The second-order valence-corrected chi connectivity index (χ2v) is 7.24. The number of nitrogens with zero attached hydrogens (tertiary/aromatic N) is 2. The van der Waals surface area contributed by atoms with Gasteiger partial charge >= 0.3 is 0 Å². The van der Waals surface area contributed by atoms with E-state index in [2.05, 4.69) is 5.32 Å². The molecule has 1 fully saturated rings. The fourth-order valence-corrected chi connectivity index (χ4v) is 3.64. The van der Waals surface area contributed by atoms with Crippen molar-refractivity contribution in [2.45, 2.75) is 0 Å². The maximum Gasteiger partial charge on any atom is 0.284 e. The fourth-order valence-electron chi connectivity index (χ4n) is 3.23. The standard InChI is InChI=1S/C21H12ClN3O4S/c22-14-7-9-15(10-8-14)24-20(27)17(19(26)23-21(24)30)11-13-6-5-12-3-1-2-4-16(12)18(13)25(28)29/h1-11H,(H,23,26,30)/b17-11+. The molecule has 0 atom stereocenters. The average Bonchev–Trinajstić information content (AvgIpc) is 2.71. The molecule has 0 bridgehead atoms. The van der Waals surface area contributed by atoms with Gasteiger partial charge in [-0.15, -0.1) is 0 Å². The molecule has 1 heterocycles. The van der Waals surface area contributed by atoms with Gasteiger partial charge in [0.1, 0.15) is 5.57 Å². The lowest BCUT2D eigenvalue weighted by Crippen LogP contribution is -2.54. The number of benzene rings is 3. The van der Waals surface area contributed by atoms with Crippen molar-refractivity contribution in [3.63, 3.8) is 0 Å². The summed E-state index contributed by atoms with van der Waals surface area (Å²) < 4.78 is 0. The monoisotopic (exact) mass is 437 g/mol. The van der Waals surface area contributed by atoms with Crippen molar-refractivity contribution in [2.75, 3.05) is 4.90 Å². The van der Waals surface area contributed by atoms with E-state index < -0.39 is 16.7 Å². The minimum Gasteiger partial charge on any atom is -0.298 e. The summed E-state index contributed by atoms with van der Waals surface area (Å²) in [5, 5.41) is 15.7. The molecular weight excluding hydrogens is 426 g/mol. The van der Waals surface area contributed by atoms with Gasteiger partial charge in [-0.3, -0.25) is 29.9 Å². The van der Waals surface area contributed by atoms with Crippen LogP contribution >= 0.6 is 23.8 Å². The van der Waals surface area contributed by atoms with Crippen LogP contribution in [0.2, 0.25) is 5.02 Å². The highest BCUT2D eigenvalue weighted by Crippen LogP contribution is 2.32. The second kappa shape index (κ2) is 7.66. The molecule has 9 heteroatoms. The van der Waals surface area contributed by atoms with E-state index in [-0.39, 0.29) is 21.9 Å². The summed E-state index contributed by atoms with van der Waals surface area (Å²) >= 11 is 11.0. The van der Waals surface area contributed by atoms with Crippen LogP contribution in [0.15, 0.2) is 66.2 Å². The van der Waals surface area contributed by atoms with Gasteiger partial charge in [0.05, 0.1) is 21.6 Å². The minimum absolute atomic E-state index is 0.0857. The molecule has 4 rings (SSSR count). The predicted molar refractivity (Wildman–Crippen MR) is 118 cm³/mol. The lowest BCUT2D eigenvalue weighted by Gasteiger charge is -2.28. The topological polar surface area (TPSA) is 92.6 Å². The van der Waals surface area contributed by atoms with E-state index in [0.717, 1.165) is 4.90 Å². The van der Waals surface area contributed by atoms with Crippen molar-refractivity contribution in [1.29, 1.82) is 0 Å². The summed E-state index contributed by atoms with van der Waals surface area (Å²) in [6.45, 7) is 0. The van der Waals surface area contributed by atoms with Gasteiger partial charge < -0.3 is 0 Å². The fraction of sp³-hybridized carbons (Fsp3) is 0. The largest absolute Gasteiger partial charge is 0.298 e. The van der Waals surface area contributed by atoms with Crippen LogP contribution in [0.4, 0.5) is 11.4 Å². The number of nitrogens with one attached hydrogen (secondary N) is 1. The first kappa shape index (κ1) is 19.7. The van der Waals surface area contributed by atoms with Gasteiger partial charge in [-0.2, -0.15) is 0 Å². The number of thiocarbonyl (C=S) groups is 1. The highest BCUT2D eigenvalue weighted by Gasteiger charge is 2.35. The number of hydrogen-bond donors (Lipinski definition) is 1. The minimum atomic E-state index is -0.724. The van der Waals surface area contributed by atoms with Crippen LogP contribution in [0.3, 0.4) is 0 Å². The predicted octanol–water partition coefficient (Wildman–Crippen LogP) is 4.23. The Morgan fingerprint density at radius 1 is 1.03 bits per heavy atom. The average molecular weight is 438 g/mol. The lowest BCUT2D eigenvalue weighted by molar-refractivity contribution is -0.383. The van der Waals surface area contributed by atoms with Gasteiger partial charge in [-0.05, 0) is 60.1 Å². The lowest BCUT2D eigenvalue weighted by atomic mass is 10.0.